The van der Waals surface area contributed by atoms with E-state index in [1.54, 1.807) is 0 Å². The Balaban J connectivity index is 2.98. The highest BCUT2D eigenvalue weighted by Gasteiger charge is 2.09. The molecular formula is C10H3Cl2FN2. The van der Waals surface area contributed by atoms with Crippen LogP contribution in [-0.2, 0) is 0 Å². The highest BCUT2D eigenvalue weighted by atomic mass is 35.5. The number of aromatic nitrogens is 1. The van der Waals surface area contributed by atoms with E-state index in [9.17, 15) is 4.39 Å². The Bertz CT molecular complexity index is 590. The van der Waals surface area contributed by atoms with Gasteiger partial charge in [0.05, 0.1) is 22.2 Å². The molecule has 0 aliphatic carbocycles. The monoisotopic (exact) mass is 240 g/mol. The summed E-state index contributed by atoms with van der Waals surface area (Å²) in [6, 6.07) is 5.91. The molecule has 0 saturated carbocycles. The summed E-state index contributed by atoms with van der Waals surface area (Å²) in [4.78, 5) is 3.62. The van der Waals surface area contributed by atoms with Gasteiger partial charge in [0.1, 0.15) is 0 Å². The van der Waals surface area contributed by atoms with Crippen LogP contribution in [0.25, 0.3) is 10.9 Å². The number of pyridine rings is 1. The molecule has 0 radical (unpaired) electrons. The van der Waals surface area contributed by atoms with Crippen LogP contribution in [0.1, 0.15) is 5.56 Å². The average Bonchev–Trinajstić information content (AvgIpc) is 2.18. The maximum absolute atomic E-state index is 13.0. The van der Waals surface area contributed by atoms with Crippen LogP contribution in [0.3, 0.4) is 0 Å². The fraction of sp³-hybridized carbons (Fsp3) is 0. The van der Waals surface area contributed by atoms with E-state index in [0.717, 1.165) is 6.07 Å². The quantitative estimate of drug-likeness (QED) is 0.661. The summed E-state index contributed by atoms with van der Waals surface area (Å²) >= 11 is 11.6. The Morgan fingerprint density at radius 3 is 2.67 bits per heavy atom. The summed E-state index contributed by atoms with van der Waals surface area (Å²) in [5.41, 5.74) is 0.416. The standard InChI is InChI=1S/C10H3Cl2FN2/c11-6-2-7-5(4-14)1-9(13)15-10(7)8(12)3-6/h1-3H. The van der Waals surface area contributed by atoms with Crippen LogP contribution in [0.4, 0.5) is 4.39 Å². The minimum Gasteiger partial charge on any atom is -0.218 e. The minimum absolute atomic E-state index is 0.168. The molecule has 0 unspecified atom stereocenters. The van der Waals surface area contributed by atoms with E-state index < -0.39 is 5.95 Å². The predicted molar refractivity (Wildman–Crippen MR) is 56.4 cm³/mol. The van der Waals surface area contributed by atoms with E-state index in [0.29, 0.717) is 10.4 Å². The first kappa shape index (κ1) is 10.2. The maximum Gasteiger partial charge on any atom is 0.214 e. The highest BCUT2D eigenvalue weighted by molar-refractivity contribution is 6.38. The van der Waals surface area contributed by atoms with Crippen LogP contribution in [0, 0.1) is 17.3 Å². The number of benzene rings is 1. The van der Waals surface area contributed by atoms with Crippen LogP contribution >= 0.6 is 23.2 Å². The molecular weight excluding hydrogens is 238 g/mol. The van der Waals surface area contributed by atoms with E-state index >= 15 is 0 Å². The molecule has 0 atom stereocenters. The number of nitrogens with zero attached hydrogens (tertiary/aromatic N) is 2. The van der Waals surface area contributed by atoms with Gasteiger partial charge in [-0.05, 0) is 12.1 Å². The van der Waals surface area contributed by atoms with Gasteiger partial charge in [0.25, 0.3) is 0 Å². The molecule has 5 heteroatoms. The van der Waals surface area contributed by atoms with Gasteiger partial charge < -0.3 is 0 Å². The first-order valence-electron chi connectivity index (χ1n) is 3.97. The lowest BCUT2D eigenvalue weighted by molar-refractivity contribution is 0.588. The van der Waals surface area contributed by atoms with Crippen LogP contribution < -0.4 is 0 Å². The molecule has 0 N–H and O–H groups in total. The molecule has 2 nitrogen and oxygen atoms in total. The van der Waals surface area contributed by atoms with Crippen LogP contribution in [0.5, 0.6) is 0 Å². The van der Waals surface area contributed by atoms with Gasteiger partial charge in [-0.3, -0.25) is 0 Å². The Kier molecular flexibility index (Phi) is 2.47. The molecule has 0 saturated heterocycles. The first-order chi connectivity index (χ1) is 7.11. The summed E-state index contributed by atoms with van der Waals surface area (Å²) in [7, 11) is 0. The normalized spacial score (nSPS) is 10.3. The molecule has 1 aromatic carbocycles. The molecule has 2 aromatic rings. The SMILES string of the molecule is N#Cc1cc(F)nc2c(Cl)cc(Cl)cc12. The summed E-state index contributed by atoms with van der Waals surface area (Å²) in [6.07, 6.45) is 0. The molecule has 0 aliphatic heterocycles. The largest absolute Gasteiger partial charge is 0.218 e. The van der Waals surface area contributed by atoms with Crippen molar-refractivity contribution in [1.29, 1.82) is 5.26 Å². The summed E-state index contributed by atoms with van der Waals surface area (Å²) in [5.74, 6) is -0.733. The summed E-state index contributed by atoms with van der Waals surface area (Å²) in [6.45, 7) is 0. The van der Waals surface area contributed by atoms with Crippen molar-refractivity contribution in [3.63, 3.8) is 0 Å². The third kappa shape index (κ3) is 1.74. The fourth-order valence-corrected chi connectivity index (χ4v) is 1.85. The lowest BCUT2D eigenvalue weighted by Crippen LogP contribution is -1.90. The van der Waals surface area contributed by atoms with Crippen molar-refractivity contribution in [2.45, 2.75) is 0 Å². The number of hydrogen-bond donors (Lipinski definition) is 0. The molecule has 0 amide bonds. The molecule has 74 valence electrons. The van der Waals surface area contributed by atoms with Gasteiger partial charge in [0.2, 0.25) is 5.95 Å². The van der Waals surface area contributed by atoms with E-state index in [-0.39, 0.29) is 16.1 Å². The first-order valence-corrected chi connectivity index (χ1v) is 4.73. The molecule has 1 aromatic heterocycles. The zero-order valence-corrected chi connectivity index (χ0v) is 8.77. The highest BCUT2D eigenvalue weighted by Crippen LogP contribution is 2.28. The zero-order chi connectivity index (χ0) is 11.0. The Labute approximate surface area is 94.9 Å². The Hall–Kier alpha value is -1.37. The van der Waals surface area contributed by atoms with Gasteiger partial charge in [-0.1, -0.05) is 23.2 Å². The maximum atomic E-state index is 13.0. The smallest absolute Gasteiger partial charge is 0.214 e. The molecule has 1 heterocycles. The Morgan fingerprint density at radius 1 is 1.27 bits per heavy atom. The molecule has 0 spiro atoms. The number of hydrogen-bond acceptors (Lipinski definition) is 2. The topological polar surface area (TPSA) is 36.7 Å². The van der Waals surface area contributed by atoms with Gasteiger partial charge in [-0.15, -0.1) is 0 Å². The van der Waals surface area contributed by atoms with Gasteiger partial charge in [-0.2, -0.15) is 9.65 Å². The van der Waals surface area contributed by atoms with Crippen molar-refractivity contribution in [3.8, 4) is 6.07 Å². The van der Waals surface area contributed by atoms with E-state index in [1.165, 1.54) is 12.1 Å². The third-order valence-electron chi connectivity index (χ3n) is 1.92. The number of rotatable bonds is 0. The van der Waals surface area contributed by atoms with Crippen molar-refractivity contribution in [2.75, 3.05) is 0 Å². The Morgan fingerprint density at radius 2 is 2.00 bits per heavy atom. The predicted octanol–water partition coefficient (Wildman–Crippen LogP) is 3.55. The molecule has 0 fully saturated rings. The number of halogens is 3. The van der Waals surface area contributed by atoms with Crippen molar-refractivity contribution < 1.29 is 4.39 Å². The molecule has 0 aliphatic rings. The van der Waals surface area contributed by atoms with Gasteiger partial charge in [0, 0.05) is 16.5 Å². The van der Waals surface area contributed by atoms with Crippen molar-refractivity contribution in [2.24, 2.45) is 0 Å². The third-order valence-corrected chi connectivity index (χ3v) is 2.43. The summed E-state index contributed by atoms with van der Waals surface area (Å²) < 4.78 is 13.0. The van der Waals surface area contributed by atoms with Crippen LogP contribution in [0.15, 0.2) is 18.2 Å². The van der Waals surface area contributed by atoms with E-state index in [4.69, 9.17) is 28.5 Å². The molecule has 15 heavy (non-hydrogen) atoms. The lowest BCUT2D eigenvalue weighted by atomic mass is 10.1. The second kappa shape index (κ2) is 3.65. The van der Waals surface area contributed by atoms with E-state index in [1.807, 2.05) is 6.07 Å². The number of fused-ring (bicyclic) bond motifs is 1. The van der Waals surface area contributed by atoms with E-state index in [2.05, 4.69) is 4.98 Å². The fourth-order valence-electron chi connectivity index (χ4n) is 1.31. The second-order valence-electron chi connectivity index (χ2n) is 2.89. The molecule has 0 bridgehead atoms. The zero-order valence-electron chi connectivity index (χ0n) is 7.26. The molecule has 2 rings (SSSR count). The van der Waals surface area contributed by atoms with Gasteiger partial charge >= 0.3 is 0 Å². The van der Waals surface area contributed by atoms with Crippen LogP contribution in [-0.4, -0.2) is 4.98 Å². The van der Waals surface area contributed by atoms with Crippen LogP contribution in [0.2, 0.25) is 10.0 Å². The van der Waals surface area contributed by atoms with Crippen molar-refractivity contribution in [3.05, 3.63) is 39.8 Å². The average molecular weight is 241 g/mol. The summed E-state index contributed by atoms with van der Waals surface area (Å²) in [5, 5.41) is 9.88. The second-order valence-corrected chi connectivity index (χ2v) is 3.73. The van der Waals surface area contributed by atoms with Gasteiger partial charge in [0.15, 0.2) is 0 Å². The van der Waals surface area contributed by atoms with Crippen molar-refractivity contribution >= 4 is 34.1 Å². The van der Waals surface area contributed by atoms with Gasteiger partial charge in [-0.25, -0.2) is 4.98 Å². The van der Waals surface area contributed by atoms with Crippen molar-refractivity contribution in [1.82, 2.24) is 4.98 Å². The lowest BCUT2D eigenvalue weighted by Gasteiger charge is -2.02. The number of nitriles is 1. The minimum atomic E-state index is -0.733.